The molecule has 3 rings (SSSR count). The standard InChI is InChI=1S/C18H19IN4O2/c1-12(2)25-17-15(5-4-6-16(17)19)18-20-21-22-23(18)11-13-7-9-14(24-3)10-8-13/h4-10,12H,11H2,1-3H3. The van der Waals surface area contributed by atoms with E-state index in [1.165, 1.54) is 0 Å². The summed E-state index contributed by atoms with van der Waals surface area (Å²) in [7, 11) is 1.65. The fourth-order valence-electron chi connectivity index (χ4n) is 2.45. The second-order valence-electron chi connectivity index (χ2n) is 5.79. The zero-order valence-electron chi connectivity index (χ0n) is 14.3. The van der Waals surface area contributed by atoms with Gasteiger partial charge in [-0.1, -0.05) is 18.2 Å². The van der Waals surface area contributed by atoms with Crippen LogP contribution in [0.5, 0.6) is 11.5 Å². The molecule has 0 fully saturated rings. The van der Waals surface area contributed by atoms with E-state index in [2.05, 4.69) is 38.1 Å². The maximum atomic E-state index is 6.00. The van der Waals surface area contributed by atoms with Gasteiger partial charge in [0.2, 0.25) is 0 Å². The molecule has 1 aromatic heterocycles. The van der Waals surface area contributed by atoms with Gasteiger partial charge in [0.25, 0.3) is 0 Å². The fourth-order valence-corrected chi connectivity index (χ4v) is 3.07. The molecule has 0 aliphatic carbocycles. The fraction of sp³-hybridized carbons (Fsp3) is 0.278. The van der Waals surface area contributed by atoms with Crippen molar-refractivity contribution in [3.05, 3.63) is 51.6 Å². The molecular formula is C18H19IN4O2. The first-order valence-electron chi connectivity index (χ1n) is 7.93. The van der Waals surface area contributed by atoms with Crippen LogP contribution in [0.15, 0.2) is 42.5 Å². The summed E-state index contributed by atoms with van der Waals surface area (Å²) >= 11 is 2.27. The van der Waals surface area contributed by atoms with Crippen molar-refractivity contribution in [1.82, 2.24) is 20.2 Å². The molecule has 7 heteroatoms. The predicted octanol–water partition coefficient (Wildman–Crippen LogP) is 3.79. The van der Waals surface area contributed by atoms with Crippen LogP contribution in [0.3, 0.4) is 0 Å². The second kappa shape index (κ2) is 7.81. The summed E-state index contributed by atoms with van der Waals surface area (Å²) in [5, 5.41) is 12.2. The molecule has 0 saturated carbocycles. The maximum Gasteiger partial charge on any atom is 0.186 e. The maximum absolute atomic E-state index is 6.00. The molecular weight excluding hydrogens is 431 g/mol. The molecule has 130 valence electrons. The Kier molecular flexibility index (Phi) is 5.52. The lowest BCUT2D eigenvalue weighted by Gasteiger charge is -2.15. The van der Waals surface area contributed by atoms with Crippen LogP contribution in [0.1, 0.15) is 19.4 Å². The third kappa shape index (κ3) is 4.09. The summed E-state index contributed by atoms with van der Waals surface area (Å²) in [5.74, 6) is 2.32. The van der Waals surface area contributed by atoms with E-state index in [0.717, 1.165) is 26.2 Å². The minimum atomic E-state index is 0.0700. The topological polar surface area (TPSA) is 62.1 Å². The van der Waals surface area contributed by atoms with Gasteiger partial charge in [0, 0.05) is 0 Å². The summed E-state index contributed by atoms with van der Waals surface area (Å²) in [4.78, 5) is 0. The van der Waals surface area contributed by atoms with Gasteiger partial charge in [-0.15, -0.1) is 5.10 Å². The number of nitrogens with zero attached hydrogens (tertiary/aromatic N) is 4. The average molecular weight is 450 g/mol. The summed E-state index contributed by atoms with van der Waals surface area (Å²) in [6, 6.07) is 13.8. The summed E-state index contributed by atoms with van der Waals surface area (Å²) in [6.45, 7) is 4.58. The lowest BCUT2D eigenvalue weighted by Crippen LogP contribution is -2.10. The van der Waals surface area contributed by atoms with E-state index in [-0.39, 0.29) is 6.10 Å². The van der Waals surface area contributed by atoms with Gasteiger partial charge in [-0.3, -0.25) is 0 Å². The highest BCUT2D eigenvalue weighted by Gasteiger charge is 2.17. The molecule has 2 aromatic carbocycles. The van der Waals surface area contributed by atoms with Gasteiger partial charge in [0.1, 0.15) is 11.5 Å². The number of benzene rings is 2. The normalized spacial score (nSPS) is 10.9. The number of para-hydroxylation sites is 1. The SMILES string of the molecule is COc1ccc(Cn2nnnc2-c2cccc(I)c2OC(C)C)cc1. The van der Waals surface area contributed by atoms with Gasteiger partial charge in [-0.05, 0) is 76.7 Å². The van der Waals surface area contributed by atoms with Crippen molar-refractivity contribution >= 4 is 22.6 Å². The Bertz CT molecular complexity index is 847. The molecule has 0 saturated heterocycles. The van der Waals surface area contributed by atoms with Crippen molar-refractivity contribution < 1.29 is 9.47 Å². The molecule has 0 radical (unpaired) electrons. The van der Waals surface area contributed by atoms with Crippen LogP contribution in [0, 0.1) is 3.57 Å². The second-order valence-corrected chi connectivity index (χ2v) is 6.95. The molecule has 0 N–H and O–H groups in total. The van der Waals surface area contributed by atoms with Crippen LogP contribution in [0.2, 0.25) is 0 Å². The third-order valence-corrected chi connectivity index (χ3v) is 4.43. The zero-order valence-corrected chi connectivity index (χ0v) is 16.5. The predicted molar refractivity (Wildman–Crippen MR) is 104 cm³/mol. The van der Waals surface area contributed by atoms with Crippen LogP contribution in [-0.2, 0) is 6.54 Å². The van der Waals surface area contributed by atoms with Crippen LogP contribution in [0.25, 0.3) is 11.4 Å². The van der Waals surface area contributed by atoms with Crippen molar-refractivity contribution in [2.24, 2.45) is 0 Å². The number of halogens is 1. The lowest BCUT2D eigenvalue weighted by atomic mass is 10.1. The van der Waals surface area contributed by atoms with E-state index < -0.39 is 0 Å². The molecule has 0 amide bonds. The number of aromatic nitrogens is 4. The Labute approximate surface area is 160 Å². The largest absolute Gasteiger partial charge is 0.497 e. The van der Waals surface area contributed by atoms with Gasteiger partial charge in [0.15, 0.2) is 5.82 Å². The number of rotatable bonds is 6. The molecule has 0 bridgehead atoms. The monoisotopic (exact) mass is 450 g/mol. The zero-order chi connectivity index (χ0) is 17.8. The van der Waals surface area contributed by atoms with E-state index in [9.17, 15) is 0 Å². The quantitative estimate of drug-likeness (QED) is 0.535. The van der Waals surface area contributed by atoms with Gasteiger partial charge in [-0.25, -0.2) is 4.68 Å². The Balaban J connectivity index is 1.95. The van der Waals surface area contributed by atoms with E-state index in [1.807, 2.05) is 56.3 Å². The van der Waals surface area contributed by atoms with Crippen molar-refractivity contribution in [2.75, 3.05) is 7.11 Å². The summed E-state index contributed by atoms with van der Waals surface area (Å²) in [6.07, 6.45) is 0.0700. The first kappa shape index (κ1) is 17.7. The number of tetrazole rings is 1. The molecule has 1 heterocycles. The van der Waals surface area contributed by atoms with Gasteiger partial charge >= 0.3 is 0 Å². The molecule has 0 aliphatic heterocycles. The average Bonchev–Trinajstić information content (AvgIpc) is 3.05. The summed E-state index contributed by atoms with van der Waals surface area (Å²) < 4.78 is 14.0. The van der Waals surface area contributed by atoms with Crippen molar-refractivity contribution in [1.29, 1.82) is 0 Å². The van der Waals surface area contributed by atoms with Crippen molar-refractivity contribution in [3.63, 3.8) is 0 Å². The Hall–Kier alpha value is -2.16. The molecule has 25 heavy (non-hydrogen) atoms. The molecule has 0 spiro atoms. The molecule has 0 aliphatic rings. The Morgan fingerprint density at radius 2 is 1.88 bits per heavy atom. The van der Waals surface area contributed by atoms with Gasteiger partial charge in [0.05, 0.1) is 28.9 Å². The number of hydrogen-bond donors (Lipinski definition) is 0. The van der Waals surface area contributed by atoms with E-state index in [4.69, 9.17) is 9.47 Å². The van der Waals surface area contributed by atoms with Crippen LogP contribution >= 0.6 is 22.6 Å². The Morgan fingerprint density at radius 3 is 2.56 bits per heavy atom. The van der Waals surface area contributed by atoms with E-state index in [1.54, 1.807) is 11.8 Å². The smallest absolute Gasteiger partial charge is 0.186 e. The van der Waals surface area contributed by atoms with Gasteiger partial charge < -0.3 is 9.47 Å². The highest BCUT2D eigenvalue weighted by molar-refractivity contribution is 14.1. The van der Waals surface area contributed by atoms with Gasteiger partial charge in [-0.2, -0.15) is 0 Å². The number of ether oxygens (including phenoxy) is 2. The summed E-state index contributed by atoms with van der Waals surface area (Å²) in [5.41, 5.74) is 1.98. The molecule has 3 aromatic rings. The lowest BCUT2D eigenvalue weighted by molar-refractivity contribution is 0.241. The highest BCUT2D eigenvalue weighted by Crippen LogP contribution is 2.33. The first-order valence-corrected chi connectivity index (χ1v) is 9.01. The molecule has 0 atom stereocenters. The van der Waals surface area contributed by atoms with E-state index >= 15 is 0 Å². The Morgan fingerprint density at radius 1 is 1.12 bits per heavy atom. The highest BCUT2D eigenvalue weighted by atomic mass is 127. The van der Waals surface area contributed by atoms with Crippen LogP contribution in [0.4, 0.5) is 0 Å². The molecule has 0 unspecified atom stereocenters. The van der Waals surface area contributed by atoms with Crippen LogP contribution in [-0.4, -0.2) is 33.4 Å². The third-order valence-electron chi connectivity index (χ3n) is 3.58. The van der Waals surface area contributed by atoms with Crippen molar-refractivity contribution in [2.45, 2.75) is 26.5 Å². The minimum Gasteiger partial charge on any atom is -0.497 e. The number of methoxy groups -OCH3 is 1. The van der Waals surface area contributed by atoms with Crippen molar-refractivity contribution in [3.8, 4) is 22.9 Å². The number of hydrogen-bond acceptors (Lipinski definition) is 5. The minimum absolute atomic E-state index is 0.0700. The first-order chi connectivity index (χ1) is 12.1. The van der Waals surface area contributed by atoms with E-state index in [0.29, 0.717) is 12.4 Å². The molecule has 6 nitrogen and oxygen atoms in total. The van der Waals surface area contributed by atoms with Crippen LogP contribution < -0.4 is 9.47 Å².